The molecule has 0 aliphatic heterocycles. The fraction of sp³-hybridized carbons (Fsp3) is 0.643. The van der Waals surface area contributed by atoms with Crippen molar-refractivity contribution in [3.05, 3.63) is 23.8 Å². The van der Waals surface area contributed by atoms with E-state index in [9.17, 15) is 4.79 Å². The van der Waals surface area contributed by atoms with Gasteiger partial charge in [-0.25, -0.2) is 0 Å². The molecule has 0 aliphatic carbocycles. The summed E-state index contributed by atoms with van der Waals surface area (Å²) in [4.78, 5) is 21.5. The summed E-state index contributed by atoms with van der Waals surface area (Å²) in [5.41, 5.74) is 1.89. The standard InChI is InChI=1S/C14H23N3O2/c1-10(2)17(9-5-6-13(18)19)12(4)14-11(3)15-7-8-16-14/h7-8,10,12H,5-6,9H2,1-4H3,(H,18,19). The minimum atomic E-state index is -0.743. The Bertz CT molecular complexity index is 421. The van der Waals surface area contributed by atoms with E-state index in [1.165, 1.54) is 0 Å². The van der Waals surface area contributed by atoms with Crippen LogP contribution in [0.4, 0.5) is 0 Å². The molecule has 0 amide bonds. The fourth-order valence-electron chi connectivity index (χ4n) is 2.30. The van der Waals surface area contributed by atoms with Gasteiger partial charge in [-0.15, -0.1) is 0 Å². The molecule has 19 heavy (non-hydrogen) atoms. The highest BCUT2D eigenvalue weighted by Crippen LogP contribution is 2.22. The first-order valence-corrected chi connectivity index (χ1v) is 6.68. The molecule has 1 heterocycles. The van der Waals surface area contributed by atoms with Crippen molar-refractivity contribution in [1.82, 2.24) is 14.9 Å². The maximum absolute atomic E-state index is 10.6. The lowest BCUT2D eigenvalue weighted by Crippen LogP contribution is -2.35. The van der Waals surface area contributed by atoms with Crippen LogP contribution in [0.15, 0.2) is 12.4 Å². The normalized spacial score (nSPS) is 12.9. The highest BCUT2D eigenvalue weighted by Gasteiger charge is 2.21. The van der Waals surface area contributed by atoms with Crippen LogP contribution in [0.3, 0.4) is 0 Å². The molecular formula is C14H23N3O2. The van der Waals surface area contributed by atoms with Crippen molar-refractivity contribution in [3.8, 4) is 0 Å². The van der Waals surface area contributed by atoms with Crippen LogP contribution < -0.4 is 0 Å². The molecule has 1 aromatic heterocycles. The van der Waals surface area contributed by atoms with Crippen LogP contribution in [-0.2, 0) is 4.79 Å². The topological polar surface area (TPSA) is 66.3 Å². The lowest BCUT2D eigenvalue weighted by molar-refractivity contribution is -0.137. The first-order valence-electron chi connectivity index (χ1n) is 6.68. The molecule has 0 aromatic carbocycles. The zero-order valence-corrected chi connectivity index (χ0v) is 12.1. The number of hydrogen-bond donors (Lipinski definition) is 1. The number of nitrogens with zero attached hydrogens (tertiary/aromatic N) is 3. The lowest BCUT2D eigenvalue weighted by atomic mass is 10.1. The predicted molar refractivity (Wildman–Crippen MR) is 73.9 cm³/mol. The van der Waals surface area contributed by atoms with Crippen molar-refractivity contribution < 1.29 is 9.90 Å². The summed E-state index contributed by atoms with van der Waals surface area (Å²) >= 11 is 0. The van der Waals surface area contributed by atoms with Crippen molar-refractivity contribution in [1.29, 1.82) is 0 Å². The zero-order valence-electron chi connectivity index (χ0n) is 12.1. The largest absolute Gasteiger partial charge is 0.481 e. The summed E-state index contributed by atoms with van der Waals surface area (Å²) in [6.07, 6.45) is 4.25. The van der Waals surface area contributed by atoms with Crippen LogP contribution in [0.1, 0.15) is 51.0 Å². The van der Waals surface area contributed by atoms with Gasteiger partial charge in [-0.2, -0.15) is 0 Å². The molecule has 106 valence electrons. The predicted octanol–water partition coefficient (Wildman–Crippen LogP) is 2.42. The van der Waals surface area contributed by atoms with Crippen molar-refractivity contribution in [2.24, 2.45) is 0 Å². The molecule has 1 aromatic rings. The van der Waals surface area contributed by atoms with Crippen LogP contribution in [0.25, 0.3) is 0 Å². The number of hydrogen-bond acceptors (Lipinski definition) is 4. The molecule has 5 heteroatoms. The number of rotatable bonds is 7. The van der Waals surface area contributed by atoms with E-state index in [1.54, 1.807) is 12.4 Å². The van der Waals surface area contributed by atoms with Crippen molar-refractivity contribution in [2.75, 3.05) is 6.54 Å². The minimum absolute atomic E-state index is 0.141. The van der Waals surface area contributed by atoms with E-state index < -0.39 is 5.97 Å². The van der Waals surface area contributed by atoms with Crippen LogP contribution in [0, 0.1) is 6.92 Å². The van der Waals surface area contributed by atoms with Crippen LogP contribution >= 0.6 is 0 Å². The Morgan fingerprint density at radius 1 is 1.32 bits per heavy atom. The van der Waals surface area contributed by atoms with Crippen molar-refractivity contribution >= 4 is 5.97 Å². The summed E-state index contributed by atoms with van der Waals surface area (Å²) in [7, 11) is 0. The Morgan fingerprint density at radius 2 is 1.95 bits per heavy atom. The van der Waals surface area contributed by atoms with E-state index in [0.29, 0.717) is 12.5 Å². The van der Waals surface area contributed by atoms with Gasteiger partial charge in [-0.3, -0.25) is 19.7 Å². The zero-order chi connectivity index (χ0) is 14.4. The quantitative estimate of drug-likeness (QED) is 0.820. The smallest absolute Gasteiger partial charge is 0.303 e. The van der Waals surface area contributed by atoms with Gasteiger partial charge in [0, 0.05) is 24.9 Å². The molecule has 0 spiro atoms. The highest BCUT2D eigenvalue weighted by atomic mass is 16.4. The minimum Gasteiger partial charge on any atom is -0.481 e. The number of carboxylic acids is 1. The molecule has 0 bridgehead atoms. The average molecular weight is 265 g/mol. The second-order valence-corrected chi connectivity index (χ2v) is 5.03. The molecule has 0 fully saturated rings. The fourth-order valence-corrected chi connectivity index (χ4v) is 2.30. The van der Waals surface area contributed by atoms with E-state index in [2.05, 4.69) is 35.6 Å². The van der Waals surface area contributed by atoms with E-state index in [-0.39, 0.29) is 12.5 Å². The van der Waals surface area contributed by atoms with Gasteiger partial charge in [0.05, 0.1) is 17.4 Å². The molecule has 0 radical (unpaired) electrons. The monoisotopic (exact) mass is 265 g/mol. The van der Waals surface area contributed by atoms with Gasteiger partial charge in [0.1, 0.15) is 0 Å². The molecule has 0 aliphatic rings. The Hall–Kier alpha value is -1.49. The third kappa shape index (κ3) is 4.59. The van der Waals surface area contributed by atoms with E-state index in [1.807, 2.05) is 6.92 Å². The molecular weight excluding hydrogens is 242 g/mol. The van der Waals surface area contributed by atoms with Gasteiger partial charge >= 0.3 is 5.97 Å². The molecule has 1 N–H and O–H groups in total. The van der Waals surface area contributed by atoms with Crippen LogP contribution in [0.2, 0.25) is 0 Å². The molecule has 1 unspecified atom stereocenters. The second kappa shape index (κ2) is 7.19. The lowest BCUT2D eigenvalue weighted by Gasteiger charge is -2.32. The average Bonchev–Trinajstić information content (AvgIpc) is 2.33. The maximum Gasteiger partial charge on any atom is 0.303 e. The van der Waals surface area contributed by atoms with Gasteiger partial charge in [0.2, 0.25) is 0 Å². The number of carbonyl (C=O) groups is 1. The van der Waals surface area contributed by atoms with E-state index >= 15 is 0 Å². The van der Waals surface area contributed by atoms with Crippen molar-refractivity contribution in [2.45, 2.75) is 52.6 Å². The Kier molecular flexibility index (Phi) is 5.89. The molecule has 0 saturated carbocycles. The first kappa shape index (κ1) is 15.6. The highest BCUT2D eigenvalue weighted by molar-refractivity contribution is 5.66. The van der Waals surface area contributed by atoms with Gasteiger partial charge < -0.3 is 5.11 Å². The molecule has 5 nitrogen and oxygen atoms in total. The number of aromatic nitrogens is 2. The Balaban J connectivity index is 2.76. The second-order valence-electron chi connectivity index (χ2n) is 5.03. The number of aryl methyl sites for hydroxylation is 1. The molecule has 1 rings (SSSR count). The third-order valence-electron chi connectivity index (χ3n) is 3.28. The summed E-state index contributed by atoms with van der Waals surface area (Å²) in [6, 6.07) is 0.479. The van der Waals surface area contributed by atoms with E-state index in [4.69, 9.17) is 5.11 Å². The first-order chi connectivity index (χ1) is 8.93. The van der Waals surface area contributed by atoms with Gasteiger partial charge in [-0.1, -0.05) is 0 Å². The van der Waals surface area contributed by atoms with E-state index in [0.717, 1.165) is 17.9 Å². The summed E-state index contributed by atoms with van der Waals surface area (Å²) in [6.45, 7) is 9.03. The Morgan fingerprint density at radius 3 is 2.47 bits per heavy atom. The SMILES string of the molecule is Cc1nccnc1C(C)N(CCCC(=O)O)C(C)C. The summed E-state index contributed by atoms with van der Waals surface area (Å²) in [5, 5.41) is 8.72. The van der Waals surface area contributed by atoms with Gasteiger partial charge in [0.25, 0.3) is 0 Å². The van der Waals surface area contributed by atoms with Crippen molar-refractivity contribution in [3.63, 3.8) is 0 Å². The summed E-state index contributed by atoms with van der Waals surface area (Å²) in [5.74, 6) is -0.743. The number of carboxylic acid groups (broad SMARTS) is 1. The van der Waals surface area contributed by atoms with Gasteiger partial charge in [-0.05, 0) is 40.7 Å². The summed E-state index contributed by atoms with van der Waals surface area (Å²) < 4.78 is 0. The Labute approximate surface area is 114 Å². The van der Waals surface area contributed by atoms with Gasteiger partial charge in [0.15, 0.2) is 0 Å². The molecule has 1 atom stereocenters. The molecule has 0 saturated heterocycles. The van der Waals surface area contributed by atoms with Crippen LogP contribution in [0.5, 0.6) is 0 Å². The third-order valence-corrected chi connectivity index (χ3v) is 3.28. The number of aliphatic carboxylic acids is 1. The van der Waals surface area contributed by atoms with Crippen LogP contribution in [-0.4, -0.2) is 38.5 Å². The maximum atomic E-state index is 10.6.